The molecule has 0 bridgehead atoms. The number of rotatable bonds is 3. The molecule has 0 aliphatic rings. The Labute approximate surface area is 132 Å². The van der Waals surface area contributed by atoms with Crippen LogP contribution in [0.3, 0.4) is 0 Å². The first-order chi connectivity index (χ1) is 11.2. The molecule has 23 heavy (non-hydrogen) atoms. The van der Waals surface area contributed by atoms with Crippen molar-refractivity contribution in [2.75, 3.05) is 0 Å². The van der Waals surface area contributed by atoms with Gasteiger partial charge in [0.1, 0.15) is 5.76 Å². The van der Waals surface area contributed by atoms with E-state index in [0.717, 1.165) is 22.5 Å². The van der Waals surface area contributed by atoms with Crippen molar-refractivity contribution in [2.24, 2.45) is 0 Å². The minimum atomic E-state index is 0.325. The highest BCUT2D eigenvalue weighted by atomic mass is 16.3. The Morgan fingerprint density at radius 2 is 1.78 bits per heavy atom. The zero-order chi connectivity index (χ0) is 15.8. The summed E-state index contributed by atoms with van der Waals surface area (Å²) in [6.45, 7) is 1.94. The van der Waals surface area contributed by atoms with E-state index < -0.39 is 0 Å². The highest BCUT2D eigenvalue weighted by Crippen LogP contribution is 2.25. The molecule has 0 N–H and O–H groups in total. The summed E-state index contributed by atoms with van der Waals surface area (Å²) in [6, 6.07) is 13.3. The van der Waals surface area contributed by atoms with Crippen LogP contribution in [0.2, 0.25) is 0 Å². The molecule has 4 aromatic rings. The first kappa shape index (κ1) is 13.5. The third-order valence-electron chi connectivity index (χ3n) is 3.67. The van der Waals surface area contributed by atoms with Gasteiger partial charge in [0, 0.05) is 29.2 Å². The smallest absolute Gasteiger partial charge is 0.234 e. The molecule has 0 fully saturated rings. The molecule has 0 atom stereocenters. The monoisotopic (exact) mass is 303 g/mol. The van der Waals surface area contributed by atoms with Crippen LogP contribution in [0, 0.1) is 6.92 Å². The van der Waals surface area contributed by atoms with Gasteiger partial charge in [-0.3, -0.25) is 9.20 Å². The SMILES string of the molecule is Cc1ccn2cc(-c3ccc(-c4ccc(C=O)o4)cc3)nc2n1. The summed E-state index contributed by atoms with van der Waals surface area (Å²) < 4.78 is 7.33. The van der Waals surface area contributed by atoms with Crippen molar-refractivity contribution in [3.63, 3.8) is 0 Å². The minimum Gasteiger partial charge on any atom is -0.453 e. The second-order valence-electron chi connectivity index (χ2n) is 5.30. The number of furan rings is 1. The van der Waals surface area contributed by atoms with E-state index in [1.165, 1.54) is 0 Å². The van der Waals surface area contributed by atoms with Crippen LogP contribution in [0.5, 0.6) is 0 Å². The average Bonchev–Trinajstić information content (AvgIpc) is 3.21. The largest absolute Gasteiger partial charge is 0.453 e. The number of aldehydes is 1. The van der Waals surface area contributed by atoms with Crippen LogP contribution in [0.15, 0.2) is 59.3 Å². The van der Waals surface area contributed by atoms with Gasteiger partial charge in [-0.1, -0.05) is 24.3 Å². The number of aryl methyl sites for hydroxylation is 1. The quantitative estimate of drug-likeness (QED) is 0.540. The normalized spacial score (nSPS) is 11.0. The summed E-state index contributed by atoms with van der Waals surface area (Å²) in [5.41, 5.74) is 3.72. The number of hydrogen-bond acceptors (Lipinski definition) is 4. The molecular formula is C18H13N3O2. The number of imidazole rings is 1. The van der Waals surface area contributed by atoms with Crippen molar-refractivity contribution in [2.45, 2.75) is 6.92 Å². The van der Waals surface area contributed by atoms with Gasteiger partial charge >= 0.3 is 0 Å². The maximum absolute atomic E-state index is 10.7. The van der Waals surface area contributed by atoms with Gasteiger partial charge in [-0.05, 0) is 25.1 Å². The lowest BCUT2D eigenvalue weighted by Crippen LogP contribution is -1.88. The Morgan fingerprint density at radius 1 is 1.00 bits per heavy atom. The van der Waals surface area contributed by atoms with Crippen molar-refractivity contribution in [3.05, 3.63) is 66.3 Å². The summed E-state index contributed by atoms with van der Waals surface area (Å²) in [6.07, 6.45) is 4.60. The summed E-state index contributed by atoms with van der Waals surface area (Å²) >= 11 is 0. The number of hydrogen-bond donors (Lipinski definition) is 0. The number of carbonyl (C=O) groups is 1. The highest BCUT2D eigenvalue weighted by molar-refractivity contribution is 5.73. The van der Waals surface area contributed by atoms with Gasteiger partial charge in [0.2, 0.25) is 5.78 Å². The fourth-order valence-corrected chi connectivity index (χ4v) is 2.48. The molecule has 4 rings (SSSR count). The second kappa shape index (κ2) is 5.21. The lowest BCUT2D eigenvalue weighted by atomic mass is 10.1. The number of carbonyl (C=O) groups excluding carboxylic acids is 1. The zero-order valence-corrected chi connectivity index (χ0v) is 12.4. The van der Waals surface area contributed by atoms with Crippen molar-refractivity contribution >= 4 is 12.1 Å². The van der Waals surface area contributed by atoms with Gasteiger partial charge in [-0.15, -0.1) is 0 Å². The molecule has 1 aromatic carbocycles. The van der Waals surface area contributed by atoms with Gasteiger partial charge in [0.05, 0.1) is 5.69 Å². The predicted octanol–water partition coefficient (Wildman–Crippen LogP) is 3.78. The topological polar surface area (TPSA) is 60.4 Å². The fourth-order valence-electron chi connectivity index (χ4n) is 2.48. The third kappa shape index (κ3) is 2.42. The van der Waals surface area contributed by atoms with E-state index >= 15 is 0 Å². The van der Waals surface area contributed by atoms with E-state index in [-0.39, 0.29) is 0 Å². The van der Waals surface area contributed by atoms with Gasteiger partial charge in [-0.25, -0.2) is 9.97 Å². The molecule has 3 heterocycles. The number of fused-ring (bicyclic) bond motifs is 1. The molecule has 5 heteroatoms. The first-order valence-electron chi connectivity index (χ1n) is 7.21. The summed E-state index contributed by atoms with van der Waals surface area (Å²) in [5.74, 6) is 1.68. The number of nitrogens with zero attached hydrogens (tertiary/aromatic N) is 3. The fraction of sp³-hybridized carbons (Fsp3) is 0.0556. The van der Waals surface area contributed by atoms with Crippen LogP contribution in [0.4, 0.5) is 0 Å². The molecule has 0 radical (unpaired) electrons. The lowest BCUT2D eigenvalue weighted by molar-refractivity contribution is 0.110. The van der Waals surface area contributed by atoms with E-state index in [1.54, 1.807) is 12.1 Å². The molecule has 0 amide bonds. The number of benzene rings is 1. The molecule has 0 spiro atoms. The third-order valence-corrected chi connectivity index (χ3v) is 3.67. The van der Waals surface area contributed by atoms with Crippen LogP contribution in [0.1, 0.15) is 16.2 Å². The number of aromatic nitrogens is 3. The van der Waals surface area contributed by atoms with Crippen LogP contribution in [-0.2, 0) is 0 Å². The summed E-state index contributed by atoms with van der Waals surface area (Å²) in [4.78, 5) is 19.6. The van der Waals surface area contributed by atoms with Crippen LogP contribution >= 0.6 is 0 Å². The van der Waals surface area contributed by atoms with Gasteiger partial charge in [0.25, 0.3) is 0 Å². The van der Waals surface area contributed by atoms with Gasteiger partial charge < -0.3 is 4.42 Å². The Kier molecular flexibility index (Phi) is 3.05. The maximum atomic E-state index is 10.7. The van der Waals surface area contributed by atoms with Crippen LogP contribution in [0.25, 0.3) is 28.4 Å². The van der Waals surface area contributed by atoms with Crippen LogP contribution in [-0.4, -0.2) is 20.7 Å². The minimum absolute atomic E-state index is 0.325. The van der Waals surface area contributed by atoms with Gasteiger partial charge in [-0.2, -0.15) is 0 Å². The highest BCUT2D eigenvalue weighted by Gasteiger charge is 2.08. The standard InChI is InChI=1S/C18H13N3O2/c1-12-8-9-21-10-16(20-18(21)19-12)13-2-4-14(5-3-13)17-7-6-15(11-22)23-17/h2-11H,1H3. The van der Waals surface area contributed by atoms with Crippen molar-refractivity contribution < 1.29 is 9.21 Å². The molecular weight excluding hydrogens is 290 g/mol. The Bertz CT molecular complexity index is 997. The van der Waals surface area contributed by atoms with E-state index in [0.29, 0.717) is 23.6 Å². The maximum Gasteiger partial charge on any atom is 0.234 e. The van der Waals surface area contributed by atoms with E-state index in [4.69, 9.17) is 4.42 Å². The van der Waals surface area contributed by atoms with Crippen LogP contribution < -0.4 is 0 Å². The molecule has 0 saturated carbocycles. The van der Waals surface area contributed by atoms with Crippen molar-refractivity contribution in [3.8, 4) is 22.6 Å². The van der Waals surface area contributed by atoms with Crippen molar-refractivity contribution in [1.82, 2.24) is 14.4 Å². The zero-order valence-electron chi connectivity index (χ0n) is 12.4. The van der Waals surface area contributed by atoms with Gasteiger partial charge in [0.15, 0.2) is 12.0 Å². The first-order valence-corrected chi connectivity index (χ1v) is 7.21. The summed E-state index contributed by atoms with van der Waals surface area (Å²) in [5, 5.41) is 0. The lowest BCUT2D eigenvalue weighted by Gasteiger charge is -1.99. The molecule has 0 aliphatic heterocycles. The molecule has 0 saturated heterocycles. The Hall–Kier alpha value is -3.21. The van der Waals surface area contributed by atoms with E-state index in [1.807, 2.05) is 54.0 Å². The Balaban J connectivity index is 1.70. The molecule has 5 nitrogen and oxygen atoms in total. The van der Waals surface area contributed by atoms with Crippen molar-refractivity contribution in [1.29, 1.82) is 0 Å². The predicted molar refractivity (Wildman–Crippen MR) is 86.2 cm³/mol. The summed E-state index contributed by atoms with van der Waals surface area (Å²) in [7, 11) is 0. The molecule has 112 valence electrons. The Morgan fingerprint density at radius 3 is 2.52 bits per heavy atom. The molecule has 3 aromatic heterocycles. The second-order valence-corrected chi connectivity index (χ2v) is 5.30. The van der Waals surface area contributed by atoms with E-state index in [9.17, 15) is 4.79 Å². The van der Waals surface area contributed by atoms with E-state index in [2.05, 4.69) is 9.97 Å². The molecule has 0 aliphatic carbocycles. The molecule has 0 unspecified atom stereocenters. The average molecular weight is 303 g/mol.